The number of hydrogen-bond acceptors (Lipinski definition) is 5. The number of likely N-dealkylation sites (N-methyl/N-ethyl adjacent to an activating group) is 1. The van der Waals surface area contributed by atoms with Crippen molar-refractivity contribution in [1.29, 1.82) is 0 Å². The van der Waals surface area contributed by atoms with Crippen molar-refractivity contribution in [2.24, 2.45) is 0 Å². The molecule has 1 aromatic carbocycles. The van der Waals surface area contributed by atoms with Gasteiger partial charge in [-0.3, -0.25) is 0 Å². The van der Waals surface area contributed by atoms with Gasteiger partial charge in [0.1, 0.15) is 0 Å². The van der Waals surface area contributed by atoms with Gasteiger partial charge in [-0.25, -0.2) is 0 Å². The molecule has 1 saturated heterocycles. The number of aliphatic hydroxyl groups excluding tert-OH is 1. The molecule has 7 heteroatoms. The predicted molar refractivity (Wildman–Crippen MR) is 85.7 cm³/mol. The number of anilines is 2. The monoisotopic (exact) mass is 487 g/mol. The summed E-state index contributed by atoms with van der Waals surface area (Å²) in [5.74, 6) is 0. The number of amides is 1. The molecule has 0 aliphatic carbocycles. The van der Waals surface area contributed by atoms with E-state index in [1.54, 1.807) is 4.90 Å². The molecular weight excluding hydrogens is 466 g/mol. The Hall–Kier alpha value is -1.23. The van der Waals surface area contributed by atoms with E-state index in [0.29, 0.717) is 13.1 Å². The zero-order valence-corrected chi connectivity index (χ0v) is 16.2. The van der Waals surface area contributed by atoms with Gasteiger partial charge < -0.3 is 5.11 Å². The number of nitrogens with zero attached hydrogens (tertiary/aromatic N) is 2. The van der Waals surface area contributed by atoms with E-state index in [2.05, 4.69) is 10.2 Å². The average Bonchev–Trinajstić information content (AvgIpc) is 3.05. The van der Waals surface area contributed by atoms with Crippen LogP contribution >= 0.6 is 0 Å². The van der Waals surface area contributed by atoms with Crippen LogP contribution in [0.3, 0.4) is 0 Å². The van der Waals surface area contributed by atoms with Crippen LogP contribution in [0.1, 0.15) is 12.5 Å². The number of cyclic esters (lactones) is 1. The number of fused-ring (bicyclic) bond motifs is 1. The van der Waals surface area contributed by atoms with Crippen LogP contribution in [0.15, 0.2) is 18.2 Å². The summed E-state index contributed by atoms with van der Waals surface area (Å²) >= 11 is 1.39. The second kappa shape index (κ2) is 6.71. The number of aliphatic hydroxyl groups is 1. The van der Waals surface area contributed by atoms with Gasteiger partial charge in [-0.1, -0.05) is 0 Å². The average molecular weight is 487 g/mol. The van der Waals surface area contributed by atoms with Gasteiger partial charge in [0, 0.05) is 0 Å². The number of benzene rings is 1. The van der Waals surface area contributed by atoms with Crippen LogP contribution in [0.5, 0.6) is 0 Å². The topological polar surface area (TPSA) is 65.0 Å². The third-order valence-corrected chi connectivity index (χ3v) is 4.94. The third kappa shape index (κ3) is 3.34. The normalized spacial score (nSPS) is 23.2. The molecule has 1 unspecified atom stereocenters. The molecule has 1 aromatic rings. The molecule has 2 heterocycles. The van der Waals surface area contributed by atoms with E-state index in [-0.39, 0.29) is 24.8 Å². The number of ether oxygens (including phenoxy) is 1. The first-order chi connectivity index (χ1) is 11.0. The van der Waals surface area contributed by atoms with Gasteiger partial charge in [0.05, 0.1) is 0 Å². The zero-order valence-electron chi connectivity index (χ0n) is 13.3. The summed E-state index contributed by atoms with van der Waals surface area (Å²) in [6.45, 7) is 3.37. The molecule has 1 amide bonds. The number of carbonyl (C=O) groups is 1. The first-order valence-corrected chi connectivity index (χ1v) is 9.15. The van der Waals surface area contributed by atoms with Crippen molar-refractivity contribution in [3.63, 3.8) is 0 Å². The molecule has 2 aliphatic heterocycles. The molecule has 2 atom stereocenters. The molecule has 2 aliphatic rings. The molecule has 3 rings (SSSR count). The van der Waals surface area contributed by atoms with Crippen LogP contribution in [0, 0.1) is 0 Å². The van der Waals surface area contributed by atoms with Gasteiger partial charge in [0.25, 0.3) is 0 Å². The van der Waals surface area contributed by atoms with Crippen molar-refractivity contribution in [2.45, 2.75) is 25.5 Å². The van der Waals surface area contributed by atoms with Crippen LogP contribution in [0.4, 0.5) is 16.2 Å². The molecule has 0 spiro atoms. The Morgan fingerprint density at radius 1 is 1.52 bits per heavy atom. The summed E-state index contributed by atoms with van der Waals surface area (Å²) in [5.41, 5.74) is 3.16. The fourth-order valence-electron chi connectivity index (χ4n) is 3.12. The van der Waals surface area contributed by atoms with Gasteiger partial charge >= 0.3 is 141 Å². The molecule has 0 aromatic heterocycles. The van der Waals surface area contributed by atoms with Gasteiger partial charge in [-0.15, -0.1) is 0 Å². The Labute approximate surface area is 146 Å². The van der Waals surface area contributed by atoms with E-state index in [1.165, 1.54) is 28.9 Å². The van der Waals surface area contributed by atoms with E-state index in [1.807, 2.05) is 32.2 Å². The van der Waals surface area contributed by atoms with Gasteiger partial charge in [0.15, 0.2) is 0 Å². The minimum atomic E-state index is -0.289. The third-order valence-electron chi connectivity index (χ3n) is 4.42. The summed E-state index contributed by atoms with van der Waals surface area (Å²) in [7, 11) is 1.99. The Kier molecular flexibility index (Phi) is 4.85. The van der Waals surface area contributed by atoms with Crippen LogP contribution in [-0.2, 0) is 30.5 Å². The molecule has 6 nitrogen and oxygen atoms in total. The predicted octanol–water partition coefficient (Wildman–Crippen LogP) is 0.651. The summed E-state index contributed by atoms with van der Waals surface area (Å²) in [5, 5.41) is 12.7. The van der Waals surface area contributed by atoms with Crippen LogP contribution < -0.4 is 15.1 Å². The summed E-state index contributed by atoms with van der Waals surface area (Å²) in [6, 6.07) is 6.13. The van der Waals surface area contributed by atoms with Crippen molar-refractivity contribution in [3.8, 4) is 0 Å². The second-order valence-corrected chi connectivity index (χ2v) is 8.22. The van der Waals surface area contributed by atoms with E-state index in [9.17, 15) is 9.90 Å². The summed E-state index contributed by atoms with van der Waals surface area (Å²) in [4.78, 5) is 15.9. The second-order valence-electron chi connectivity index (χ2n) is 6.02. The number of nitrogens with one attached hydrogen (secondary N) is 1. The standard InChI is InChI=1S/C16H21N3O3.W/c1-3-17-8-14-9-19(16(21)22-14)12-4-5-15-11(6-12)7-13(10-20)18(15)2;/h4-6,13-14,17,20H,7-10H2,1-2H3;/t13?,14-;/m0./s1. The maximum absolute atomic E-state index is 12.1. The van der Waals surface area contributed by atoms with E-state index < -0.39 is 0 Å². The van der Waals surface area contributed by atoms with Crippen molar-refractivity contribution in [1.82, 2.24) is 5.32 Å². The Morgan fingerprint density at radius 3 is 3.00 bits per heavy atom. The summed E-state index contributed by atoms with van der Waals surface area (Å²) < 4.78 is 6.62. The number of rotatable bonds is 5. The molecule has 23 heavy (non-hydrogen) atoms. The van der Waals surface area contributed by atoms with E-state index in [4.69, 9.17) is 4.74 Å². The van der Waals surface area contributed by atoms with Gasteiger partial charge in [-0.05, 0) is 0 Å². The van der Waals surface area contributed by atoms with Crippen molar-refractivity contribution in [3.05, 3.63) is 23.8 Å². The van der Waals surface area contributed by atoms with Gasteiger partial charge in [0.2, 0.25) is 0 Å². The zero-order chi connectivity index (χ0) is 16.6. The molecule has 2 N–H and O–H groups in total. The van der Waals surface area contributed by atoms with Gasteiger partial charge in [-0.2, -0.15) is 0 Å². The van der Waals surface area contributed by atoms with Crippen molar-refractivity contribution >= 4 is 21.5 Å². The minimum absolute atomic E-state index is 0.119. The van der Waals surface area contributed by atoms with Crippen LogP contribution in [0.2, 0.25) is 0 Å². The molecule has 0 saturated carbocycles. The molecular formula is C16H21N3O3W. The van der Waals surface area contributed by atoms with Crippen molar-refractivity contribution < 1.29 is 34.0 Å². The molecule has 124 valence electrons. The van der Waals surface area contributed by atoms with E-state index in [0.717, 1.165) is 17.8 Å². The van der Waals surface area contributed by atoms with E-state index >= 15 is 0 Å². The fourth-order valence-corrected chi connectivity index (χ4v) is 3.42. The Morgan fingerprint density at radius 2 is 2.30 bits per heavy atom. The SMILES string of the molecule is C[C](=[W])NC[C@H]1CN(c2ccc3c(c2)CC(CO)N3C)C(=O)O1. The summed E-state index contributed by atoms with van der Waals surface area (Å²) in [6.07, 6.45) is 0.386. The quantitative estimate of drug-likeness (QED) is 0.639. The first-order valence-electron chi connectivity index (χ1n) is 7.68. The molecule has 0 radical (unpaired) electrons. The molecule has 0 bridgehead atoms. The maximum atomic E-state index is 12.1. The number of hydrogen-bond donors (Lipinski definition) is 2. The molecule has 1 fully saturated rings. The Bertz CT molecular complexity index is 637. The first kappa shape index (κ1) is 16.6. The Balaban J connectivity index is 1.73. The number of carbonyl (C=O) groups excluding carboxylic acids is 1. The van der Waals surface area contributed by atoms with Crippen LogP contribution in [-0.4, -0.2) is 54.1 Å². The van der Waals surface area contributed by atoms with Crippen LogP contribution in [0.25, 0.3) is 0 Å². The fraction of sp³-hybridized carbons (Fsp3) is 0.500. The van der Waals surface area contributed by atoms with Crippen molar-refractivity contribution in [2.75, 3.05) is 36.5 Å².